The molecule has 6 nitrogen and oxygen atoms in total. The first kappa shape index (κ1) is 14.8. The molecule has 0 aliphatic heterocycles. The van der Waals surface area contributed by atoms with Gasteiger partial charge in [-0.25, -0.2) is 4.52 Å². The maximum Gasteiger partial charge on any atom is 0.185 e. The summed E-state index contributed by atoms with van der Waals surface area (Å²) < 4.78 is 7.05. The number of fused-ring (bicyclic) bond motifs is 3. The molecule has 0 spiro atoms. The average molecular weight is 322 g/mol. The van der Waals surface area contributed by atoms with E-state index in [0.29, 0.717) is 17.8 Å². The van der Waals surface area contributed by atoms with E-state index < -0.39 is 0 Å². The van der Waals surface area contributed by atoms with E-state index in [1.807, 2.05) is 28.8 Å². The zero-order chi connectivity index (χ0) is 16.7. The summed E-state index contributed by atoms with van der Waals surface area (Å²) in [6, 6.07) is 7.85. The van der Waals surface area contributed by atoms with Gasteiger partial charge in [-0.2, -0.15) is 5.10 Å². The van der Waals surface area contributed by atoms with Gasteiger partial charge >= 0.3 is 0 Å². The first-order valence-corrected chi connectivity index (χ1v) is 8.17. The smallest absolute Gasteiger partial charge is 0.185 e. The molecule has 1 aliphatic carbocycles. The zero-order valence-electron chi connectivity index (χ0n) is 13.7. The number of benzene rings is 1. The van der Waals surface area contributed by atoms with Gasteiger partial charge in [-0.05, 0) is 37.0 Å². The van der Waals surface area contributed by atoms with E-state index in [-0.39, 0.29) is 5.78 Å². The van der Waals surface area contributed by atoms with Crippen molar-refractivity contribution in [3.8, 4) is 16.9 Å². The third kappa shape index (κ3) is 2.18. The lowest BCUT2D eigenvalue weighted by Gasteiger charge is -2.13. The third-order valence-corrected chi connectivity index (χ3v) is 4.50. The second kappa shape index (κ2) is 5.70. The average Bonchev–Trinajstić information content (AvgIpc) is 3.01. The second-order valence-corrected chi connectivity index (χ2v) is 5.91. The standard InChI is InChI=1S/C18H18N4O2/c1-3-13-16(11-7-9-12(24-2)10-8-11)18-20-19-17-14(22(18)21-13)5-4-6-15(17)23/h7-10H,3-6H2,1-2H3. The molecular formula is C18H18N4O2. The van der Waals surface area contributed by atoms with Crippen LogP contribution in [0, 0.1) is 0 Å². The number of carbonyl (C=O) groups is 1. The summed E-state index contributed by atoms with van der Waals surface area (Å²) in [6.45, 7) is 2.07. The summed E-state index contributed by atoms with van der Waals surface area (Å²) in [5.74, 6) is 0.868. The molecule has 0 saturated carbocycles. The highest BCUT2D eigenvalue weighted by Crippen LogP contribution is 2.31. The van der Waals surface area contributed by atoms with Crippen LogP contribution in [-0.4, -0.2) is 32.7 Å². The van der Waals surface area contributed by atoms with Crippen LogP contribution >= 0.6 is 0 Å². The number of hydrogen-bond donors (Lipinski definition) is 0. The monoisotopic (exact) mass is 322 g/mol. The molecule has 0 atom stereocenters. The molecular weight excluding hydrogens is 304 g/mol. The van der Waals surface area contributed by atoms with E-state index in [1.54, 1.807) is 7.11 Å². The van der Waals surface area contributed by atoms with Gasteiger partial charge < -0.3 is 4.74 Å². The number of ether oxygens (including phenoxy) is 1. The largest absolute Gasteiger partial charge is 0.497 e. The fourth-order valence-electron chi connectivity index (χ4n) is 3.27. The molecule has 6 heteroatoms. The lowest BCUT2D eigenvalue weighted by Crippen LogP contribution is -2.18. The van der Waals surface area contributed by atoms with Gasteiger partial charge in [-0.15, -0.1) is 10.2 Å². The van der Waals surface area contributed by atoms with Crippen LogP contribution < -0.4 is 4.74 Å². The molecule has 0 radical (unpaired) electrons. The van der Waals surface area contributed by atoms with Gasteiger partial charge in [0, 0.05) is 6.42 Å². The molecule has 2 heterocycles. The van der Waals surface area contributed by atoms with Crippen LogP contribution in [0.1, 0.15) is 41.6 Å². The predicted molar refractivity (Wildman–Crippen MR) is 89.4 cm³/mol. The summed E-state index contributed by atoms with van der Waals surface area (Å²) in [6.07, 6.45) is 2.97. The van der Waals surface area contributed by atoms with Gasteiger partial charge in [0.1, 0.15) is 5.75 Å². The van der Waals surface area contributed by atoms with Gasteiger partial charge in [0.2, 0.25) is 0 Å². The molecule has 1 aliphatic rings. The fourth-order valence-corrected chi connectivity index (χ4v) is 3.27. The maximum absolute atomic E-state index is 12.1. The van der Waals surface area contributed by atoms with E-state index in [9.17, 15) is 4.79 Å². The number of nitrogens with zero attached hydrogens (tertiary/aromatic N) is 4. The van der Waals surface area contributed by atoms with Crippen LogP contribution in [0.2, 0.25) is 0 Å². The first-order chi connectivity index (χ1) is 11.7. The molecule has 0 amide bonds. The molecule has 4 rings (SSSR count). The number of carbonyl (C=O) groups excluding carboxylic acids is 1. The van der Waals surface area contributed by atoms with E-state index >= 15 is 0 Å². The topological polar surface area (TPSA) is 69.4 Å². The molecule has 0 saturated heterocycles. The van der Waals surface area contributed by atoms with Crippen molar-refractivity contribution in [2.45, 2.75) is 32.6 Å². The number of aromatic nitrogens is 4. The van der Waals surface area contributed by atoms with Crippen molar-refractivity contribution < 1.29 is 9.53 Å². The Morgan fingerprint density at radius 1 is 1.17 bits per heavy atom. The third-order valence-electron chi connectivity index (χ3n) is 4.50. The first-order valence-electron chi connectivity index (χ1n) is 8.17. The van der Waals surface area contributed by atoms with Crippen LogP contribution in [0.3, 0.4) is 0 Å². The van der Waals surface area contributed by atoms with Crippen molar-refractivity contribution in [2.75, 3.05) is 7.11 Å². The Bertz CT molecular complexity index is 928. The van der Waals surface area contributed by atoms with Crippen LogP contribution in [0.15, 0.2) is 24.3 Å². The van der Waals surface area contributed by atoms with Crippen molar-refractivity contribution >= 4 is 11.4 Å². The zero-order valence-corrected chi connectivity index (χ0v) is 13.7. The molecule has 122 valence electrons. The van der Waals surface area contributed by atoms with E-state index in [4.69, 9.17) is 9.84 Å². The Balaban J connectivity index is 1.96. The summed E-state index contributed by atoms with van der Waals surface area (Å²) >= 11 is 0. The fraction of sp³-hybridized carbons (Fsp3) is 0.333. The number of aryl methyl sites for hydroxylation is 2. The van der Waals surface area contributed by atoms with E-state index in [1.165, 1.54) is 0 Å². The molecule has 24 heavy (non-hydrogen) atoms. The van der Waals surface area contributed by atoms with Crippen LogP contribution in [0.4, 0.5) is 0 Å². The highest BCUT2D eigenvalue weighted by Gasteiger charge is 2.25. The van der Waals surface area contributed by atoms with Crippen molar-refractivity contribution in [1.82, 2.24) is 19.8 Å². The molecule has 0 N–H and O–H groups in total. The Labute approximate surface area is 139 Å². The number of ketones is 1. The molecule has 2 aromatic heterocycles. The van der Waals surface area contributed by atoms with Gasteiger partial charge in [-0.1, -0.05) is 19.1 Å². The van der Waals surface area contributed by atoms with Crippen molar-refractivity contribution in [2.24, 2.45) is 0 Å². The lowest BCUT2D eigenvalue weighted by atomic mass is 9.99. The lowest BCUT2D eigenvalue weighted by molar-refractivity contribution is 0.0964. The Morgan fingerprint density at radius 3 is 2.67 bits per heavy atom. The van der Waals surface area contributed by atoms with Crippen molar-refractivity contribution in [3.63, 3.8) is 0 Å². The Morgan fingerprint density at radius 2 is 1.96 bits per heavy atom. The number of methoxy groups -OCH3 is 1. The second-order valence-electron chi connectivity index (χ2n) is 5.91. The molecule has 0 fully saturated rings. The van der Waals surface area contributed by atoms with Crippen molar-refractivity contribution in [1.29, 1.82) is 0 Å². The minimum absolute atomic E-state index is 0.0604. The van der Waals surface area contributed by atoms with Crippen LogP contribution in [0.25, 0.3) is 16.8 Å². The normalized spacial score (nSPS) is 14.0. The van der Waals surface area contributed by atoms with Gasteiger partial charge in [0.25, 0.3) is 0 Å². The van der Waals surface area contributed by atoms with Gasteiger partial charge in [0.05, 0.1) is 24.1 Å². The SMILES string of the molecule is CCc1nn2c3c(nnc2c1-c1ccc(OC)cc1)C(=O)CCC3. The minimum atomic E-state index is 0.0604. The highest BCUT2D eigenvalue weighted by atomic mass is 16.5. The van der Waals surface area contributed by atoms with Gasteiger partial charge in [-0.3, -0.25) is 4.79 Å². The van der Waals surface area contributed by atoms with E-state index in [2.05, 4.69) is 17.1 Å². The van der Waals surface area contributed by atoms with Gasteiger partial charge in [0.15, 0.2) is 17.1 Å². The predicted octanol–water partition coefficient (Wildman–Crippen LogP) is 2.88. The minimum Gasteiger partial charge on any atom is -0.497 e. The molecule has 0 bridgehead atoms. The van der Waals surface area contributed by atoms with E-state index in [0.717, 1.165) is 47.5 Å². The van der Waals surface area contributed by atoms with Crippen LogP contribution in [0.5, 0.6) is 5.75 Å². The summed E-state index contributed by atoms with van der Waals surface area (Å²) in [5.41, 5.74) is 5.03. The summed E-state index contributed by atoms with van der Waals surface area (Å²) in [4.78, 5) is 12.1. The molecule has 0 unspecified atom stereocenters. The maximum atomic E-state index is 12.1. The molecule has 1 aromatic carbocycles. The Hall–Kier alpha value is -2.76. The van der Waals surface area contributed by atoms with Crippen molar-refractivity contribution in [3.05, 3.63) is 41.3 Å². The number of Topliss-reactive ketones (excluding diaryl/α,β-unsaturated/α-hetero) is 1. The Kier molecular flexibility index (Phi) is 3.52. The summed E-state index contributed by atoms with van der Waals surface area (Å²) in [5, 5.41) is 13.3. The highest BCUT2D eigenvalue weighted by molar-refractivity contribution is 5.96. The summed E-state index contributed by atoms with van der Waals surface area (Å²) in [7, 11) is 1.65. The quantitative estimate of drug-likeness (QED) is 0.741. The van der Waals surface area contributed by atoms with Crippen LogP contribution in [-0.2, 0) is 12.8 Å². The number of rotatable bonds is 3. The molecule has 3 aromatic rings. The number of hydrogen-bond acceptors (Lipinski definition) is 5.